The fourth-order valence-electron chi connectivity index (χ4n) is 3.20. The number of hydrogen-bond donors (Lipinski definition) is 1. The summed E-state index contributed by atoms with van der Waals surface area (Å²) in [7, 11) is -3.32. The van der Waals surface area contributed by atoms with Gasteiger partial charge in [0, 0.05) is 12.8 Å². The lowest BCUT2D eigenvalue weighted by Crippen LogP contribution is -2.53. The molecule has 1 amide bonds. The Bertz CT molecular complexity index is 1010. The van der Waals surface area contributed by atoms with Gasteiger partial charge in [-0.05, 0) is 54.3 Å². The van der Waals surface area contributed by atoms with E-state index in [9.17, 15) is 18.0 Å². The highest BCUT2D eigenvalue weighted by Crippen LogP contribution is 2.20. The second-order valence-electron chi connectivity index (χ2n) is 7.19. The minimum Gasteiger partial charge on any atom is -0.425 e. The van der Waals surface area contributed by atoms with Crippen LogP contribution in [0.3, 0.4) is 0 Å². The maximum atomic E-state index is 12.4. The number of piperidine rings is 1. The van der Waals surface area contributed by atoms with E-state index in [4.69, 9.17) is 21.2 Å². The summed E-state index contributed by atoms with van der Waals surface area (Å²) < 4.78 is 28.4. The molecular formula is C21H23ClN2O6S. The van der Waals surface area contributed by atoms with Gasteiger partial charge in [-0.15, -0.1) is 0 Å². The molecule has 0 aliphatic carbocycles. The monoisotopic (exact) mass is 466 g/mol. The van der Waals surface area contributed by atoms with E-state index in [1.807, 2.05) is 30.3 Å². The van der Waals surface area contributed by atoms with Gasteiger partial charge in [-0.1, -0.05) is 30.3 Å². The molecule has 0 unspecified atom stereocenters. The molecule has 1 fully saturated rings. The summed E-state index contributed by atoms with van der Waals surface area (Å²) in [4.78, 5) is 30.0. The van der Waals surface area contributed by atoms with Crippen molar-refractivity contribution in [3.8, 4) is 5.75 Å². The first kappa shape index (κ1) is 23.2. The fourth-order valence-corrected chi connectivity index (χ4v) is 4.02. The first-order chi connectivity index (χ1) is 14.7. The second kappa shape index (κ2) is 10.2. The van der Waals surface area contributed by atoms with Crippen LogP contribution in [0.5, 0.6) is 5.75 Å². The Balaban J connectivity index is 1.52. The first-order valence-electron chi connectivity index (χ1n) is 9.65. The normalized spacial score (nSPS) is 18.9. The highest BCUT2D eigenvalue weighted by molar-refractivity contribution is 7.90. The molecule has 1 aliphatic heterocycles. The SMILES string of the molecule is CS(=O)(=O)c1ccc(OC(=O)[C@@H]2CC[C@@H](N(OCc3ccccc3)C(=O)Cl)CN2)cc1. The van der Waals surface area contributed by atoms with Crippen molar-refractivity contribution in [3.05, 3.63) is 60.2 Å². The predicted molar refractivity (Wildman–Crippen MR) is 114 cm³/mol. The van der Waals surface area contributed by atoms with Crippen molar-refractivity contribution < 1.29 is 27.6 Å². The van der Waals surface area contributed by atoms with E-state index in [0.717, 1.165) is 16.9 Å². The standard InChI is InChI=1S/C21H23ClN2O6S/c1-31(27,28)18-10-8-17(9-11-18)30-20(25)19-12-7-16(13-23-19)24(21(22)26)29-14-15-5-3-2-4-6-15/h2-6,8-11,16,19,23H,7,12-14H2,1H3/t16-,19+/m1/s1. The third-order valence-electron chi connectivity index (χ3n) is 4.86. The van der Waals surface area contributed by atoms with Crippen LogP contribution in [0.4, 0.5) is 4.79 Å². The van der Waals surface area contributed by atoms with Crippen LogP contribution in [0.2, 0.25) is 0 Å². The number of rotatable bonds is 7. The van der Waals surface area contributed by atoms with Crippen LogP contribution in [0.15, 0.2) is 59.5 Å². The molecule has 10 heteroatoms. The van der Waals surface area contributed by atoms with Gasteiger partial charge >= 0.3 is 11.3 Å². The van der Waals surface area contributed by atoms with Gasteiger partial charge in [-0.25, -0.2) is 18.3 Å². The van der Waals surface area contributed by atoms with Gasteiger partial charge in [0.15, 0.2) is 9.84 Å². The number of ether oxygens (including phenoxy) is 1. The summed E-state index contributed by atoms with van der Waals surface area (Å²) in [5.41, 5.74) is 0.900. The van der Waals surface area contributed by atoms with Crippen LogP contribution in [-0.2, 0) is 26.1 Å². The Morgan fingerprint density at radius 1 is 1.10 bits per heavy atom. The number of esters is 1. The number of benzene rings is 2. The van der Waals surface area contributed by atoms with Gasteiger partial charge < -0.3 is 10.1 Å². The highest BCUT2D eigenvalue weighted by atomic mass is 35.5. The summed E-state index contributed by atoms with van der Waals surface area (Å²) in [5, 5.41) is 3.46. The fraction of sp³-hybridized carbons (Fsp3) is 0.333. The number of hydrogen-bond acceptors (Lipinski definition) is 7. The van der Waals surface area contributed by atoms with E-state index in [-0.39, 0.29) is 23.3 Å². The minimum absolute atomic E-state index is 0.146. The molecule has 31 heavy (non-hydrogen) atoms. The maximum Gasteiger partial charge on any atom is 0.340 e. The van der Waals surface area contributed by atoms with Crippen LogP contribution in [-0.4, -0.2) is 49.7 Å². The third kappa shape index (κ3) is 6.51. The first-order valence-corrected chi connectivity index (χ1v) is 11.9. The van der Waals surface area contributed by atoms with E-state index >= 15 is 0 Å². The maximum absolute atomic E-state index is 12.4. The van der Waals surface area contributed by atoms with E-state index < -0.39 is 27.2 Å². The van der Waals surface area contributed by atoms with Gasteiger partial charge in [0.1, 0.15) is 18.4 Å². The summed E-state index contributed by atoms with van der Waals surface area (Å²) in [6.07, 6.45) is 2.02. The Kier molecular flexibility index (Phi) is 7.66. The van der Waals surface area contributed by atoms with Crippen molar-refractivity contribution in [2.45, 2.75) is 36.4 Å². The lowest BCUT2D eigenvalue weighted by Gasteiger charge is -2.34. The van der Waals surface area contributed by atoms with E-state index in [2.05, 4.69) is 5.32 Å². The Labute approximate surface area is 186 Å². The topological polar surface area (TPSA) is 102 Å². The number of amides is 1. The smallest absolute Gasteiger partial charge is 0.340 e. The van der Waals surface area contributed by atoms with Crippen molar-refractivity contribution in [1.82, 2.24) is 10.4 Å². The molecule has 166 valence electrons. The number of carbonyl (C=O) groups excluding carboxylic acids is 2. The molecule has 0 radical (unpaired) electrons. The number of halogens is 1. The molecule has 3 rings (SSSR count). The summed E-state index contributed by atoms with van der Waals surface area (Å²) in [5.74, 6) is -0.232. The number of nitrogens with zero attached hydrogens (tertiary/aromatic N) is 1. The predicted octanol–water partition coefficient (Wildman–Crippen LogP) is 2.91. The lowest BCUT2D eigenvalue weighted by atomic mass is 10.0. The molecule has 0 saturated carbocycles. The molecule has 2 aromatic rings. The van der Waals surface area contributed by atoms with Crippen LogP contribution >= 0.6 is 11.6 Å². The average molecular weight is 467 g/mol. The molecule has 2 aromatic carbocycles. The lowest BCUT2D eigenvalue weighted by molar-refractivity contribution is -0.155. The highest BCUT2D eigenvalue weighted by Gasteiger charge is 2.32. The third-order valence-corrected chi connectivity index (χ3v) is 6.16. The molecule has 0 spiro atoms. The van der Waals surface area contributed by atoms with E-state index in [0.29, 0.717) is 19.4 Å². The molecule has 0 bridgehead atoms. The number of carbonyl (C=O) groups is 2. The average Bonchev–Trinajstić information content (AvgIpc) is 2.74. The molecule has 1 N–H and O–H groups in total. The summed E-state index contributed by atoms with van der Waals surface area (Å²) in [6, 6.07) is 14.1. The van der Waals surface area contributed by atoms with Crippen molar-refractivity contribution in [3.63, 3.8) is 0 Å². The van der Waals surface area contributed by atoms with Crippen LogP contribution in [0, 0.1) is 0 Å². The van der Waals surface area contributed by atoms with Crippen molar-refractivity contribution >= 4 is 32.8 Å². The molecular weight excluding hydrogens is 444 g/mol. The number of nitrogens with one attached hydrogen (secondary N) is 1. The Morgan fingerprint density at radius 3 is 2.32 bits per heavy atom. The van der Waals surface area contributed by atoms with Crippen molar-refractivity contribution in [1.29, 1.82) is 0 Å². The zero-order valence-corrected chi connectivity index (χ0v) is 18.4. The van der Waals surface area contributed by atoms with Crippen LogP contribution in [0.25, 0.3) is 0 Å². The molecule has 8 nitrogen and oxygen atoms in total. The van der Waals surface area contributed by atoms with E-state index in [1.54, 1.807) is 0 Å². The van der Waals surface area contributed by atoms with E-state index in [1.165, 1.54) is 24.3 Å². The molecule has 1 saturated heterocycles. The second-order valence-corrected chi connectivity index (χ2v) is 9.53. The number of sulfone groups is 1. The van der Waals surface area contributed by atoms with Crippen LogP contribution < -0.4 is 10.1 Å². The molecule has 2 atom stereocenters. The molecule has 1 heterocycles. The number of hydroxylamine groups is 2. The molecule has 1 aliphatic rings. The Morgan fingerprint density at radius 2 is 1.77 bits per heavy atom. The van der Waals surface area contributed by atoms with Crippen LogP contribution in [0.1, 0.15) is 18.4 Å². The zero-order chi connectivity index (χ0) is 22.4. The van der Waals surface area contributed by atoms with Gasteiger partial charge in [0.05, 0.1) is 10.9 Å². The van der Waals surface area contributed by atoms with Gasteiger partial charge in [-0.3, -0.25) is 9.63 Å². The zero-order valence-electron chi connectivity index (χ0n) is 16.9. The summed E-state index contributed by atoms with van der Waals surface area (Å²) in [6.45, 7) is 0.505. The van der Waals surface area contributed by atoms with Crippen molar-refractivity contribution in [2.24, 2.45) is 0 Å². The van der Waals surface area contributed by atoms with Gasteiger partial charge in [0.25, 0.3) is 0 Å². The van der Waals surface area contributed by atoms with Crippen molar-refractivity contribution in [2.75, 3.05) is 12.8 Å². The Hall–Kier alpha value is -2.46. The summed E-state index contributed by atoms with van der Waals surface area (Å²) >= 11 is 5.69. The van der Waals surface area contributed by atoms with Gasteiger partial charge in [-0.2, -0.15) is 0 Å². The largest absolute Gasteiger partial charge is 0.425 e. The van der Waals surface area contributed by atoms with Gasteiger partial charge in [0.2, 0.25) is 0 Å². The minimum atomic E-state index is -3.32. The quantitative estimate of drug-likeness (QED) is 0.220. The molecule has 0 aromatic heterocycles.